The van der Waals surface area contributed by atoms with E-state index in [4.69, 9.17) is 0 Å². The fourth-order valence-corrected chi connectivity index (χ4v) is 5.26. The third-order valence-electron chi connectivity index (χ3n) is 4.06. The third-order valence-corrected chi connectivity index (χ3v) is 8.11. The second-order valence-electron chi connectivity index (χ2n) is 5.99. The van der Waals surface area contributed by atoms with E-state index in [-0.39, 0.29) is 18.1 Å². The zero-order chi connectivity index (χ0) is 17.4. The summed E-state index contributed by atoms with van der Waals surface area (Å²) in [7, 11) is -5.33. The van der Waals surface area contributed by atoms with Gasteiger partial charge in [0, 0.05) is 39.4 Å². The van der Waals surface area contributed by atoms with Crippen LogP contribution in [0.15, 0.2) is 11.2 Å². The Balaban J connectivity index is 2.20. The molecule has 0 saturated carbocycles. The number of nitrogens with zero attached hydrogens (tertiary/aromatic N) is 4. The van der Waals surface area contributed by atoms with Gasteiger partial charge in [0.15, 0.2) is 5.03 Å². The average molecular weight is 364 g/mol. The maximum absolute atomic E-state index is 12.7. The first-order chi connectivity index (χ1) is 10.6. The molecule has 0 bridgehead atoms. The predicted octanol–water partition coefficient (Wildman–Crippen LogP) is 0.163. The van der Waals surface area contributed by atoms with Crippen LogP contribution in [-0.4, -0.2) is 66.4 Å². The van der Waals surface area contributed by atoms with Crippen molar-refractivity contribution in [1.29, 1.82) is 0 Å². The molecule has 23 heavy (non-hydrogen) atoms. The molecular formula is C13H24N4O4S2. The Morgan fingerprint density at radius 2 is 1.61 bits per heavy atom. The van der Waals surface area contributed by atoms with Gasteiger partial charge in [0.1, 0.15) is 5.82 Å². The van der Waals surface area contributed by atoms with E-state index in [2.05, 4.69) is 4.98 Å². The summed E-state index contributed by atoms with van der Waals surface area (Å²) in [5.41, 5.74) is 0. The van der Waals surface area contributed by atoms with Crippen LogP contribution in [0.3, 0.4) is 0 Å². The van der Waals surface area contributed by atoms with Crippen LogP contribution >= 0.6 is 0 Å². The Morgan fingerprint density at radius 1 is 1.04 bits per heavy atom. The van der Waals surface area contributed by atoms with E-state index in [9.17, 15) is 16.8 Å². The molecule has 0 aliphatic carbocycles. The first-order valence-electron chi connectivity index (χ1n) is 7.56. The van der Waals surface area contributed by atoms with Crippen molar-refractivity contribution < 1.29 is 16.8 Å². The molecule has 1 aromatic rings. The van der Waals surface area contributed by atoms with E-state index >= 15 is 0 Å². The number of imidazole rings is 1. The van der Waals surface area contributed by atoms with Gasteiger partial charge in [-0.2, -0.15) is 4.31 Å². The molecule has 1 saturated heterocycles. The second kappa shape index (κ2) is 6.50. The van der Waals surface area contributed by atoms with Crippen LogP contribution < -0.4 is 0 Å². The van der Waals surface area contributed by atoms with Crippen molar-refractivity contribution >= 4 is 20.0 Å². The van der Waals surface area contributed by atoms with Crippen LogP contribution in [0, 0.1) is 6.92 Å². The van der Waals surface area contributed by atoms with Gasteiger partial charge in [-0.25, -0.2) is 26.1 Å². The molecule has 8 nitrogen and oxygen atoms in total. The summed E-state index contributed by atoms with van der Waals surface area (Å²) >= 11 is 0. The number of sulfonamides is 2. The lowest BCUT2D eigenvalue weighted by atomic mass is 10.4. The molecule has 1 fully saturated rings. The summed E-state index contributed by atoms with van der Waals surface area (Å²) < 4.78 is 54.2. The smallest absolute Gasteiger partial charge is 0.262 e. The molecule has 1 aromatic heterocycles. The standard InChI is InChI=1S/C13H24N4O4S2/c1-11(2)22(18,19)16-6-5-7-17(9-8-16)23(20,21)13-10-15(4)12(3)14-13/h10-11H,5-9H2,1-4H3. The Labute approximate surface area is 138 Å². The van der Waals surface area contributed by atoms with Crippen LogP contribution in [0.2, 0.25) is 0 Å². The lowest BCUT2D eigenvalue weighted by molar-refractivity contribution is 0.401. The van der Waals surface area contributed by atoms with Gasteiger partial charge in [-0.15, -0.1) is 0 Å². The van der Waals surface area contributed by atoms with E-state index in [0.717, 1.165) is 0 Å². The molecule has 0 aromatic carbocycles. The molecule has 10 heteroatoms. The topological polar surface area (TPSA) is 92.6 Å². The molecule has 0 N–H and O–H groups in total. The van der Waals surface area contributed by atoms with Crippen molar-refractivity contribution in [2.75, 3.05) is 26.2 Å². The molecule has 132 valence electrons. The molecule has 0 amide bonds. The number of aromatic nitrogens is 2. The van der Waals surface area contributed by atoms with Gasteiger partial charge in [-0.3, -0.25) is 0 Å². The third kappa shape index (κ3) is 3.59. The summed E-state index contributed by atoms with van der Waals surface area (Å²) in [6.45, 7) is 5.94. The number of aryl methyl sites for hydroxylation is 2. The Morgan fingerprint density at radius 3 is 2.13 bits per heavy atom. The molecular weight excluding hydrogens is 340 g/mol. The first-order valence-corrected chi connectivity index (χ1v) is 10.5. The molecule has 2 rings (SSSR count). The van der Waals surface area contributed by atoms with Gasteiger partial charge in [-0.05, 0) is 27.2 Å². The molecule has 0 atom stereocenters. The highest BCUT2D eigenvalue weighted by molar-refractivity contribution is 7.89. The van der Waals surface area contributed by atoms with Crippen molar-refractivity contribution in [3.05, 3.63) is 12.0 Å². The van der Waals surface area contributed by atoms with E-state index in [1.165, 1.54) is 14.8 Å². The maximum Gasteiger partial charge on any atom is 0.262 e. The minimum atomic E-state index is -3.70. The van der Waals surface area contributed by atoms with Crippen molar-refractivity contribution in [3.63, 3.8) is 0 Å². The highest BCUT2D eigenvalue weighted by Gasteiger charge is 2.33. The van der Waals surface area contributed by atoms with Crippen molar-refractivity contribution in [2.45, 2.75) is 37.5 Å². The second-order valence-corrected chi connectivity index (χ2v) is 10.4. The van der Waals surface area contributed by atoms with Crippen LogP contribution in [0.1, 0.15) is 26.1 Å². The SMILES string of the molecule is Cc1nc(S(=O)(=O)N2CCCN(S(=O)(=O)C(C)C)CC2)cn1C. The predicted molar refractivity (Wildman–Crippen MR) is 86.9 cm³/mol. The summed E-state index contributed by atoms with van der Waals surface area (Å²) in [6.07, 6.45) is 1.95. The summed E-state index contributed by atoms with van der Waals surface area (Å²) in [4.78, 5) is 4.09. The first kappa shape index (κ1) is 18.4. The highest BCUT2D eigenvalue weighted by atomic mass is 32.2. The van der Waals surface area contributed by atoms with E-state index < -0.39 is 25.3 Å². The zero-order valence-electron chi connectivity index (χ0n) is 13.9. The summed E-state index contributed by atoms with van der Waals surface area (Å²) in [6, 6.07) is 0. The van der Waals surface area contributed by atoms with Crippen LogP contribution in [0.5, 0.6) is 0 Å². The Kier molecular flexibility index (Phi) is 5.19. The lowest BCUT2D eigenvalue weighted by Gasteiger charge is -2.22. The van der Waals surface area contributed by atoms with Crippen molar-refractivity contribution in [1.82, 2.24) is 18.2 Å². The highest BCUT2D eigenvalue weighted by Crippen LogP contribution is 2.19. The van der Waals surface area contributed by atoms with Crippen LogP contribution in [0.4, 0.5) is 0 Å². The Hall–Kier alpha value is -0.970. The van der Waals surface area contributed by atoms with Crippen molar-refractivity contribution in [3.8, 4) is 0 Å². The van der Waals surface area contributed by atoms with Gasteiger partial charge in [0.25, 0.3) is 10.0 Å². The molecule has 0 radical (unpaired) electrons. The zero-order valence-corrected chi connectivity index (χ0v) is 15.6. The molecule has 1 aliphatic rings. The van der Waals surface area contributed by atoms with Gasteiger partial charge >= 0.3 is 0 Å². The van der Waals surface area contributed by atoms with Gasteiger partial charge < -0.3 is 4.57 Å². The van der Waals surface area contributed by atoms with Crippen molar-refractivity contribution in [2.24, 2.45) is 7.05 Å². The molecule has 2 heterocycles. The minimum absolute atomic E-state index is 0.0117. The van der Waals surface area contributed by atoms with Crippen LogP contribution in [0.25, 0.3) is 0 Å². The summed E-state index contributed by atoms with van der Waals surface area (Å²) in [5, 5.41) is -0.498. The van der Waals surface area contributed by atoms with Gasteiger partial charge in [0.05, 0.1) is 5.25 Å². The number of hydrogen-bond acceptors (Lipinski definition) is 5. The fraction of sp³-hybridized carbons (Fsp3) is 0.769. The molecule has 1 aliphatic heterocycles. The Bertz CT molecular complexity index is 748. The van der Waals surface area contributed by atoms with E-state index in [1.54, 1.807) is 32.4 Å². The molecule has 0 spiro atoms. The van der Waals surface area contributed by atoms with Gasteiger partial charge in [-0.1, -0.05) is 0 Å². The summed E-state index contributed by atoms with van der Waals surface area (Å²) in [5.74, 6) is 0.613. The number of rotatable bonds is 4. The maximum atomic E-state index is 12.7. The fourth-order valence-electron chi connectivity index (χ4n) is 2.45. The normalized spacial score (nSPS) is 19.2. The molecule has 0 unspecified atom stereocenters. The van der Waals surface area contributed by atoms with Gasteiger partial charge in [0.2, 0.25) is 10.0 Å². The monoisotopic (exact) mass is 364 g/mol. The lowest BCUT2D eigenvalue weighted by Crippen LogP contribution is -2.40. The number of hydrogen-bond donors (Lipinski definition) is 0. The minimum Gasteiger partial charge on any atom is -0.337 e. The largest absolute Gasteiger partial charge is 0.337 e. The van der Waals surface area contributed by atoms with Crippen LogP contribution in [-0.2, 0) is 27.1 Å². The average Bonchev–Trinajstić information content (AvgIpc) is 2.68. The quantitative estimate of drug-likeness (QED) is 0.759. The van der Waals surface area contributed by atoms with E-state index in [0.29, 0.717) is 25.3 Å². The van der Waals surface area contributed by atoms with E-state index in [1.807, 2.05) is 0 Å².